The van der Waals surface area contributed by atoms with E-state index in [0.29, 0.717) is 41.9 Å². The van der Waals surface area contributed by atoms with Crippen molar-refractivity contribution >= 4 is 32.7 Å². The molecule has 1 N–H and O–H groups in total. The number of aromatic nitrogens is 2. The van der Waals surface area contributed by atoms with Crippen molar-refractivity contribution in [2.24, 2.45) is 0 Å². The van der Waals surface area contributed by atoms with Crippen LogP contribution in [0.4, 0.5) is 0 Å². The van der Waals surface area contributed by atoms with Gasteiger partial charge in [0, 0.05) is 30.9 Å². The molecule has 7 heteroatoms. The molecule has 27 heavy (non-hydrogen) atoms. The van der Waals surface area contributed by atoms with E-state index in [9.17, 15) is 9.59 Å². The molecule has 1 aromatic carbocycles. The Kier molecular flexibility index (Phi) is 6.03. The number of nitrogens with one attached hydrogen (secondary N) is 1. The number of nitrogens with zero attached hydrogens (tertiary/aromatic N) is 2. The number of hydrogen-bond donors (Lipinski definition) is 1. The predicted octanol–water partition coefficient (Wildman–Crippen LogP) is 3.04. The number of halogens is 1. The van der Waals surface area contributed by atoms with Crippen molar-refractivity contribution in [2.75, 3.05) is 13.7 Å². The third-order valence-electron chi connectivity index (χ3n) is 4.29. The van der Waals surface area contributed by atoms with Gasteiger partial charge in [-0.25, -0.2) is 0 Å². The van der Waals surface area contributed by atoms with Gasteiger partial charge in [-0.05, 0) is 36.8 Å². The second-order valence-corrected chi connectivity index (χ2v) is 7.09. The Balaban J connectivity index is 1.87. The highest BCUT2D eigenvalue weighted by atomic mass is 79.9. The van der Waals surface area contributed by atoms with E-state index in [2.05, 4.69) is 26.2 Å². The molecule has 0 aliphatic heterocycles. The predicted molar refractivity (Wildman–Crippen MR) is 108 cm³/mol. The van der Waals surface area contributed by atoms with Crippen LogP contribution < -0.4 is 10.9 Å². The molecule has 6 nitrogen and oxygen atoms in total. The van der Waals surface area contributed by atoms with E-state index < -0.39 is 0 Å². The summed E-state index contributed by atoms with van der Waals surface area (Å²) in [4.78, 5) is 29.7. The zero-order valence-electron chi connectivity index (χ0n) is 15.2. The summed E-state index contributed by atoms with van der Waals surface area (Å²) < 4.78 is 7.58. The van der Waals surface area contributed by atoms with Crippen molar-refractivity contribution in [3.63, 3.8) is 0 Å². The number of carbonyl (C=O) groups excluding carboxylic acids is 1. The number of aryl methyl sites for hydroxylation is 1. The van der Waals surface area contributed by atoms with Gasteiger partial charge in [0.15, 0.2) is 0 Å². The van der Waals surface area contributed by atoms with E-state index in [4.69, 9.17) is 4.74 Å². The number of hydrogen-bond acceptors (Lipinski definition) is 4. The molecule has 3 rings (SSSR count). The van der Waals surface area contributed by atoms with Gasteiger partial charge in [0.05, 0.1) is 28.8 Å². The van der Waals surface area contributed by atoms with Crippen molar-refractivity contribution in [3.05, 3.63) is 74.2 Å². The maximum absolute atomic E-state index is 12.7. The lowest BCUT2D eigenvalue weighted by atomic mass is 10.1. The Labute approximate surface area is 165 Å². The van der Waals surface area contributed by atoms with Crippen LogP contribution in [0.3, 0.4) is 0 Å². The van der Waals surface area contributed by atoms with Crippen LogP contribution in [0.25, 0.3) is 10.9 Å². The van der Waals surface area contributed by atoms with Crippen LogP contribution in [0.2, 0.25) is 0 Å². The standard InChI is InChI=1S/C20H20BrN3O3/c1-13-16(19(25)22-12-14-3-5-15(21)6-4-14)11-17-18(23-13)7-8-24(20(17)26)9-10-27-2/h3-8,11H,9-10,12H2,1-2H3,(H,22,25). The van der Waals surface area contributed by atoms with Crippen molar-refractivity contribution in [3.8, 4) is 0 Å². The average molecular weight is 430 g/mol. The minimum atomic E-state index is -0.253. The van der Waals surface area contributed by atoms with Gasteiger partial charge in [-0.1, -0.05) is 28.1 Å². The molecular weight excluding hydrogens is 410 g/mol. The van der Waals surface area contributed by atoms with Crippen LogP contribution in [-0.2, 0) is 17.8 Å². The number of amides is 1. The Morgan fingerprint density at radius 2 is 2.00 bits per heavy atom. The van der Waals surface area contributed by atoms with Crippen LogP contribution in [-0.4, -0.2) is 29.2 Å². The lowest BCUT2D eigenvalue weighted by Gasteiger charge is -2.10. The summed E-state index contributed by atoms with van der Waals surface area (Å²) in [5, 5.41) is 3.31. The molecule has 0 aliphatic carbocycles. The lowest BCUT2D eigenvalue weighted by molar-refractivity contribution is 0.0950. The number of fused-ring (bicyclic) bond motifs is 1. The zero-order chi connectivity index (χ0) is 19.4. The van der Waals surface area contributed by atoms with Gasteiger partial charge < -0.3 is 14.6 Å². The molecule has 2 aromatic heterocycles. The number of carbonyl (C=O) groups is 1. The highest BCUT2D eigenvalue weighted by molar-refractivity contribution is 9.10. The number of ether oxygens (including phenoxy) is 1. The van der Waals surface area contributed by atoms with Gasteiger partial charge in [0.1, 0.15) is 0 Å². The van der Waals surface area contributed by atoms with Crippen LogP contribution >= 0.6 is 15.9 Å². The summed E-state index contributed by atoms with van der Waals surface area (Å²) in [7, 11) is 1.59. The molecule has 0 radical (unpaired) electrons. The minimum absolute atomic E-state index is 0.181. The molecule has 3 aromatic rings. The molecule has 140 valence electrons. The second kappa shape index (κ2) is 8.45. The van der Waals surface area contributed by atoms with E-state index in [-0.39, 0.29) is 11.5 Å². The molecule has 1 amide bonds. The van der Waals surface area contributed by atoms with Gasteiger partial charge >= 0.3 is 0 Å². The van der Waals surface area contributed by atoms with Crippen molar-refractivity contribution in [1.82, 2.24) is 14.9 Å². The van der Waals surface area contributed by atoms with Gasteiger partial charge in [-0.2, -0.15) is 0 Å². The van der Waals surface area contributed by atoms with E-state index in [1.54, 1.807) is 36.9 Å². The molecule has 0 saturated carbocycles. The van der Waals surface area contributed by atoms with Crippen molar-refractivity contribution < 1.29 is 9.53 Å². The van der Waals surface area contributed by atoms with Gasteiger partial charge in [0.2, 0.25) is 0 Å². The summed E-state index contributed by atoms with van der Waals surface area (Å²) in [6.45, 7) is 3.05. The Hall–Kier alpha value is -2.51. The number of methoxy groups -OCH3 is 1. The average Bonchev–Trinajstić information content (AvgIpc) is 2.66. The molecule has 0 saturated heterocycles. The molecule has 0 unspecified atom stereocenters. The first kappa shape index (κ1) is 19.3. The molecule has 0 spiro atoms. The number of rotatable bonds is 6. The monoisotopic (exact) mass is 429 g/mol. The Morgan fingerprint density at radius 3 is 2.70 bits per heavy atom. The molecule has 0 atom stereocenters. The highest BCUT2D eigenvalue weighted by Crippen LogP contribution is 2.14. The first-order valence-corrected chi connectivity index (χ1v) is 9.31. The SMILES string of the molecule is COCCn1ccc2nc(C)c(C(=O)NCc3ccc(Br)cc3)cc2c1=O. The fraction of sp³-hybridized carbons (Fsp3) is 0.250. The molecule has 0 bridgehead atoms. The fourth-order valence-corrected chi connectivity index (χ4v) is 3.04. The van der Waals surface area contributed by atoms with Crippen LogP contribution in [0, 0.1) is 6.92 Å². The summed E-state index contributed by atoms with van der Waals surface area (Å²) in [6.07, 6.45) is 1.70. The molecule has 0 aliphatic rings. The van der Waals surface area contributed by atoms with Gasteiger partial charge in [0.25, 0.3) is 11.5 Å². The number of benzene rings is 1. The number of pyridine rings is 2. The largest absolute Gasteiger partial charge is 0.383 e. The maximum atomic E-state index is 12.7. The normalized spacial score (nSPS) is 10.9. The molecular formula is C20H20BrN3O3. The topological polar surface area (TPSA) is 73.2 Å². The third kappa shape index (κ3) is 4.43. The lowest BCUT2D eigenvalue weighted by Crippen LogP contribution is -2.26. The first-order chi connectivity index (χ1) is 13.0. The molecule has 2 heterocycles. The summed E-state index contributed by atoms with van der Waals surface area (Å²) in [5.41, 5.74) is 2.38. The zero-order valence-corrected chi connectivity index (χ0v) is 16.7. The van der Waals surface area contributed by atoms with E-state index in [0.717, 1.165) is 10.0 Å². The Bertz CT molecular complexity index is 1030. The summed E-state index contributed by atoms with van der Waals surface area (Å²) in [6, 6.07) is 11.1. The van der Waals surface area contributed by atoms with Crippen molar-refractivity contribution in [2.45, 2.75) is 20.0 Å². The van der Waals surface area contributed by atoms with E-state index in [1.807, 2.05) is 24.3 Å². The second-order valence-electron chi connectivity index (χ2n) is 6.17. The van der Waals surface area contributed by atoms with Crippen LogP contribution in [0.5, 0.6) is 0 Å². The fourth-order valence-electron chi connectivity index (χ4n) is 2.78. The van der Waals surface area contributed by atoms with E-state index in [1.165, 1.54) is 0 Å². The van der Waals surface area contributed by atoms with Gasteiger partial charge in [-0.3, -0.25) is 14.6 Å². The van der Waals surface area contributed by atoms with Crippen molar-refractivity contribution in [1.29, 1.82) is 0 Å². The van der Waals surface area contributed by atoms with Gasteiger partial charge in [-0.15, -0.1) is 0 Å². The summed E-state index contributed by atoms with van der Waals surface area (Å²) >= 11 is 3.39. The molecule has 0 fully saturated rings. The Morgan fingerprint density at radius 1 is 1.26 bits per heavy atom. The van der Waals surface area contributed by atoms with Crippen LogP contribution in [0.15, 0.2) is 51.9 Å². The first-order valence-electron chi connectivity index (χ1n) is 8.52. The quantitative estimate of drug-likeness (QED) is 0.653. The third-order valence-corrected chi connectivity index (χ3v) is 4.82. The maximum Gasteiger partial charge on any atom is 0.260 e. The summed E-state index contributed by atoms with van der Waals surface area (Å²) in [5.74, 6) is -0.253. The smallest absolute Gasteiger partial charge is 0.260 e. The highest BCUT2D eigenvalue weighted by Gasteiger charge is 2.14. The van der Waals surface area contributed by atoms with E-state index >= 15 is 0 Å². The minimum Gasteiger partial charge on any atom is -0.383 e. The van der Waals surface area contributed by atoms with Crippen LogP contribution in [0.1, 0.15) is 21.6 Å².